The normalized spacial score (nSPS) is 23.5. The Morgan fingerprint density at radius 1 is 1.59 bits per heavy atom. The predicted octanol–water partition coefficient (Wildman–Crippen LogP) is 0.210. The van der Waals surface area contributed by atoms with Gasteiger partial charge in [0.05, 0.1) is 6.61 Å². The first-order chi connectivity index (χ1) is 8.04. The predicted molar refractivity (Wildman–Crippen MR) is 55.8 cm³/mol. The molecule has 0 radical (unpaired) electrons. The summed E-state index contributed by atoms with van der Waals surface area (Å²) >= 11 is 0. The molecule has 1 fully saturated rings. The highest BCUT2D eigenvalue weighted by Gasteiger charge is 2.34. The molecule has 1 aliphatic heterocycles. The lowest BCUT2D eigenvalue weighted by atomic mass is 9.99. The molecule has 0 aromatic heterocycles. The average molecular weight is 242 g/mol. The second kappa shape index (κ2) is 6.03. The number of esters is 3. The molecule has 17 heavy (non-hydrogen) atoms. The van der Waals surface area contributed by atoms with Gasteiger partial charge in [0.25, 0.3) is 0 Å². The van der Waals surface area contributed by atoms with Gasteiger partial charge in [0.1, 0.15) is 0 Å². The van der Waals surface area contributed by atoms with Gasteiger partial charge in [-0.3, -0.25) is 0 Å². The van der Waals surface area contributed by atoms with Crippen molar-refractivity contribution in [3.63, 3.8) is 0 Å². The minimum Gasteiger partial charge on any atom is -0.463 e. The molecule has 1 heterocycles. The van der Waals surface area contributed by atoms with Crippen molar-refractivity contribution in [1.82, 2.24) is 0 Å². The van der Waals surface area contributed by atoms with Gasteiger partial charge >= 0.3 is 17.9 Å². The van der Waals surface area contributed by atoms with E-state index in [0.717, 1.165) is 6.08 Å². The molecule has 1 saturated heterocycles. The lowest BCUT2D eigenvalue weighted by Crippen LogP contribution is -2.40. The lowest BCUT2D eigenvalue weighted by molar-refractivity contribution is -0.180. The van der Waals surface area contributed by atoms with Crippen LogP contribution in [0.3, 0.4) is 0 Å². The summed E-state index contributed by atoms with van der Waals surface area (Å²) in [4.78, 5) is 33.3. The molecule has 2 atom stereocenters. The van der Waals surface area contributed by atoms with Crippen molar-refractivity contribution >= 4 is 17.9 Å². The third-order valence-electron chi connectivity index (χ3n) is 2.32. The smallest absolute Gasteiger partial charge is 0.347 e. The van der Waals surface area contributed by atoms with E-state index in [9.17, 15) is 14.4 Å². The Balaban J connectivity index is 2.41. The molecule has 0 N–H and O–H groups in total. The molecule has 0 spiro atoms. The molecular weight excluding hydrogens is 228 g/mol. The summed E-state index contributed by atoms with van der Waals surface area (Å²) in [5.41, 5.74) is 0. The first-order valence-corrected chi connectivity index (χ1v) is 5.20. The fraction of sp³-hybridized carbons (Fsp3) is 0.545. The van der Waals surface area contributed by atoms with E-state index < -0.39 is 30.6 Å². The molecule has 2 unspecified atom stereocenters. The first kappa shape index (κ1) is 13.2. The van der Waals surface area contributed by atoms with Gasteiger partial charge in [-0.15, -0.1) is 0 Å². The number of carbonyl (C=O) groups excluding carboxylic acids is 3. The molecular formula is C11H14O6. The number of hydrogen-bond acceptors (Lipinski definition) is 6. The molecule has 0 aromatic rings. The van der Waals surface area contributed by atoms with Crippen LogP contribution in [0.4, 0.5) is 0 Å². The van der Waals surface area contributed by atoms with Crippen LogP contribution in [0.15, 0.2) is 12.7 Å². The standard InChI is InChI=1S/C11H14O6/c1-3-8(12)16-6-9(13)17-10-7(2)4-5-15-11(10)14/h3,7,10H,1,4-6H2,2H3. The fourth-order valence-corrected chi connectivity index (χ4v) is 1.34. The molecule has 0 amide bonds. The zero-order chi connectivity index (χ0) is 12.8. The van der Waals surface area contributed by atoms with E-state index in [0.29, 0.717) is 13.0 Å². The van der Waals surface area contributed by atoms with E-state index >= 15 is 0 Å². The van der Waals surface area contributed by atoms with E-state index in [-0.39, 0.29) is 5.92 Å². The number of rotatable bonds is 4. The minimum absolute atomic E-state index is 0.102. The second-order valence-electron chi connectivity index (χ2n) is 3.66. The second-order valence-corrected chi connectivity index (χ2v) is 3.66. The van der Waals surface area contributed by atoms with Crippen molar-refractivity contribution in [1.29, 1.82) is 0 Å². The topological polar surface area (TPSA) is 78.9 Å². The molecule has 94 valence electrons. The first-order valence-electron chi connectivity index (χ1n) is 5.20. The van der Waals surface area contributed by atoms with E-state index in [1.165, 1.54) is 0 Å². The van der Waals surface area contributed by atoms with E-state index in [2.05, 4.69) is 11.3 Å². The molecule has 6 nitrogen and oxygen atoms in total. The highest BCUT2D eigenvalue weighted by atomic mass is 16.6. The Morgan fingerprint density at radius 2 is 2.29 bits per heavy atom. The molecule has 1 rings (SSSR count). The van der Waals surface area contributed by atoms with E-state index in [1.807, 2.05) is 0 Å². The molecule has 0 saturated carbocycles. The van der Waals surface area contributed by atoms with Gasteiger partial charge in [-0.1, -0.05) is 13.5 Å². The SMILES string of the molecule is C=CC(=O)OCC(=O)OC1C(=O)OCCC1C. The summed E-state index contributed by atoms with van der Waals surface area (Å²) in [5, 5.41) is 0. The van der Waals surface area contributed by atoms with E-state index in [4.69, 9.17) is 9.47 Å². The van der Waals surface area contributed by atoms with Crippen LogP contribution >= 0.6 is 0 Å². The van der Waals surface area contributed by atoms with Crippen molar-refractivity contribution in [2.24, 2.45) is 5.92 Å². The van der Waals surface area contributed by atoms with Gasteiger partial charge in [0.15, 0.2) is 6.61 Å². The summed E-state index contributed by atoms with van der Waals surface area (Å²) in [5.74, 6) is -2.17. The van der Waals surface area contributed by atoms with Gasteiger partial charge in [-0.05, 0) is 6.42 Å². The highest BCUT2D eigenvalue weighted by molar-refractivity contribution is 5.85. The molecule has 6 heteroatoms. The average Bonchev–Trinajstić information content (AvgIpc) is 2.31. The van der Waals surface area contributed by atoms with Crippen LogP contribution in [0.2, 0.25) is 0 Å². The third-order valence-corrected chi connectivity index (χ3v) is 2.32. The van der Waals surface area contributed by atoms with Gasteiger partial charge in [0, 0.05) is 12.0 Å². The largest absolute Gasteiger partial charge is 0.463 e. The Morgan fingerprint density at radius 3 is 2.88 bits per heavy atom. The molecule has 0 aliphatic carbocycles. The van der Waals surface area contributed by atoms with Crippen molar-refractivity contribution in [3.8, 4) is 0 Å². The van der Waals surface area contributed by atoms with Crippen LogP contribution in [0, 0.1) is 5.92 Å². The summed E-state index contributed by atoms with van der Waals surface area (Å²) in [6.45, 7) is 4.76. The van der Waals surface area contributed by atoms with Crippen LogP contribution in [0.25, 0.3) is 0 Å². The van der Waals surface area contributed by atoms with Gasteiger partial charge < -0.3 is 14.2 Å². The van der Waals surface area contributed by atoms with Crippen molar-refractivity contribution in [2.75, 3.05) is 13.2 Å². The van der Waals surface area contributed by atoms with Crippen LogP contribution < -0.4 is 0 Å². The van der Waals surface area contributed by atoms with Crippen LogP contribution in [0.5, 0.6) is 0 Å². The number of hydrogen-bond donors (Lipinski definition) is 0. The lowest BCUT2D eigenvalue weighted by Gasteiger charge is -2.26. The quantitative estimate of drug-likeness (QED) is 0.398. The summed E-state index contributed by atoms with van der Waals surface area (Å²) in [7, 11) is 0. The Bertz CT molecular complexity index is 335. The Kier molecular flexibility index (Phi) is 4.68. The summed E-state index contributed by atoms with van der Waals surface area (Å²) < 4.78 is 14.1. The highest BCUT2D eigenvalue weighted by Crippen LogP contribution is 2.19. The maximum Gasteiger partial charge on any atom is 0.347 e. The van der Waals surface area contributed by atoms with Crippen molar-refractivity contribution < 1.29 is 28.6 Å². The molecule has 0 aromatic carbocycles. The summed E-state index contributed by atoms with van der Waals surface area (Å²) in [6.07, 6.45) is 0.652. The van der Waals surface area contributed by atoms with Crippen LogP contribution in [0.1, 0.15) is 13.3 Å². The maximum atomic E-state index is 11.3. The Labute approximate surface area is 98.5 Å². The van der Waals surface area contributed by atoms with Crippen LogP contribution in [-0.4, -0.2) is 37.2 Å². The number of ether oxygens (including phenoxy) is 3. The maximum absolute atomic E-state index is 11.3. The minimum atomic E-state index is -0.918. The monoisotopic (exact) mass is 242 g/mol. The number of carbonyl (C=O) groups is 3. The third kappa shape index (κ3) is 3.90. The zero-order valence-corrected chi connectivity index (χ0v) is 9.51. The molecule has 1 aliphatic rings. The Hall–Kier alpha value is -1.85. The van der Waals surface area contributed by atoms with Crippen molar-refractivity contribution in [2.45, 2.75) is 19.4 Å². The van der Waals surface area contributed by atoms with Gasteiger partial charge in [0.2, 0.25) is 6.10 Å². The summed E-state index contributed by atoms with van der Waals surface area (Å²) in [6, 6.07) is 0. The van der Waals surface area contributed by atoms with Crippen LogP contribution in [-0.2, 0) is 28.6 Å². The van der Waals surface area contributed by atoms with Gasteiger partial charge in [-0.25, -0.2) is 14.4 Å². The van der Waals surface area contributed by atoms with Crippen molar-refractivity contribution in [3.05, 3.63) is 12.7 Å². The zero-order valence-electron chi connectivity index (χ0n) is 9.51. The fourth-order valence-electron chi connectivity index (χ4n) is 1.34. The number of cyclic esters (lactones) is 1. The molecule has 0 bridgehead atoms. The van der Waals surface area contributed by atoms with E-state index in [1.54, 1.807) is 6.92 Å². The van der Waals surface area contributed by atoms with Gasteiger partial charge in [-0.2, -0.15) is 0 Å².